The Balaban J connectivity index is 3.01. The minimum absolute atomic E-state index is 0.0115. The van der Waals surface area contributed by atoms with Crippen molar-refractivity contribution < 1.29 is 9.53 Å². The van der Waals surface area contributed by atoms with Crippen LogP contribution in [0.5, 0.6) is 0 Å². The number of unbranched alkanes of at least 4 members (excludes halogenated alkanes) is 14. The molecule has 0 fully saturated rings. The van der Waals surface area contributed by atoms with Crippen LogP contribution in [0.1, 0.15) is 110 Å². The first kappa shape index (κ1) is 21.4. The Kier molecular flexibility index (Phi) is 18.0. The third-order valence-corrected chi connectivity index (χ3v) is 4.23. The Labute approximate surface area is 138 Å². The van der Waals surface area contributed by atoms with Crippen molar-refractivity contribution >= 4 is 5.97 Å². The molecule has 0 unspecified atom stereocenters. The van der Waals surface area contributed by atoms with Gasteiger partial charge in [0.15, 0.2) is 0 Å². The second-order valence-corrected chi connectivity index (χ2v) is 6.38. The molecular weight excluding hydrogens is 274 g/mol. The summed E-state index contributed by atoms with van der Waals surface area (Å²) in [5, 5.41) is 0. The third kappa shape index (κ3) is 17.5. The van der Waals surface area contributed by atoms with Crippen LogP contribution in [0.15, 0.2) is 0 Å². The van der Waals surface area contributed by atoms with E-state index in [9.17, 15) is 4.79 Å². The molecule has 0 saturated heterocycles. The molecule has 0 aromatic carbocycles. The van der Waals surface area contributed by atoms with Gasteiger partial charge in [0.2, 0.25) is 0 Å². The Morgan fingerprint density at radius 1 is 0.682 bits per heavy atom. The van der Waals surface area contributed by atoms with Crippen LogP contribution in [0.3, 0.4) is 0 Å². The molecule has 132 valence electrons. The number of ether oxygens (including phenoxy) is 1. The summed E-state index contributed by atoms with van der Waals surface area (Å²) in [6, 6.07) is 0. The molecule has 0 aliphatic carbocycles. The van der Waals surface area contributed by atoms with Gasteiger partial charge in [-0.05, 0) is 6.42 Å². The van der Waals surface area contributed by atoms with Crippen molar-refractivity contribution in [3.8, 4) is 0 Å². The van der Waals surface area contributed by atoms with E-state index < -0.39 is 0 Å². The number of nitrogens with two attached hydrogens (primary N) is 1. The van der Waals surface area contributed by atoms with E-state index in [0.717, 1.165) is 12.8 Å². The maximum atomic E-state index is 11.1. The quantitative estimate of drug-likeness (QED) is 0.213. The minimum Gasteiger partial charge on any atom is -0.450 e. The minimum atomic E-state index is -0.155. The fourth-order valence-corrected chi connectivity index (χ4v) is 2.81. The molecule has 0 aliphatic rings. The summed E-state index contributed by atoms with van der Waals surface area (Å²) in [6.07, 6.45) is 20.6. The first-order valence-corrected chi connectivity index (χ1v) is 9.67. The van der Waals surface area contributed by atoms with Crippen LogP contribution in [-0.2, 0) is 9.53 Å². The molecule has 22 heavy (non-hydrogen) atoms. The van der Waals surface area contributed by atoms with Gasteiger partial charge in [0.05, 0.1) is 0 Å². The predicted molar refractivity (Wildman–Crippen MR) is 94.7 cm³/mol. The fraction of sp³-hybridized carbons (Fsp3) is 0.947. The molecule has 2 N–H and O–H groups in total. The highest BCUT2D eigenvalue weighted by Crippen LogP contribution is 2.13. The maximum Gasteiger partial charge on any atom is 0.307 e. The highest BCUT2D eigenvalue weighted by Gasteiger charge is 2.00. The average molecular weight is 314 g/mol. The van der Waals surface area contributed by atoms with Crippen LogP contribution in [-0.4, -0.2) is 12.7 Å². The van der Waals surface area contributed by atoms with Gasteiger partial charge in [-0.15, -0.1) is 0 Å². The molecule has 0 amide bonds. The van der Waals surface area contributed by atoms with Gasteiger partial charge in [-0.3, -0.25) is 10.5 Å². The van der Waals surface area contributed by atoms with Crippen molar-refractivity contribution in [2.75, 3.05) is 6.73 Å². The van der Waals surface area contributed by atoms with Crippen molar-refractivity contribution in [1.82, 2.24) is 0 Å². The summed E-state index contributed by atoms with van der Waals surface area (Å²) in [7, 11) is 0. The van der Waals surface area contributed by atoms with E-state index in [4.69, 9.17) is 10.5 Å². The third-order valence-electron chi connectivity index (χ3n) is 4.23. The van der Waals surface area contributed by atoms with E-state index in [2.05, 4.69) is 6.92 Å². The van der Waals surface area contributed by atoms with Crippen molar-refractivity contribution in [1.29, 1.82) is 0 Å². The average Bonchev–Trinajstić information content (AvgIpc) is 2.51. The normalized spacial score (nSPS) is 10.8. The first-order valence-electron chi connectivity index (χ1n) is 9.67. The van der Waals surface area contributed by atoms with Crippen molar-refractivity contribution in [2.24, 2.45) is 5.73 Å². The van der Waals surface area contributed by atoms with E-state index >= 15 is 0 Å². The summed E-state index contributed by atoms with van der Waals surface area (Å²) in [5.74, 6) is -0.155. The molecule has 0 aromatic rings. The summed E-state index contributed by atoms with van der Waals surface area (Å²) in [4.78, 5) is 11.1. The Bertz CT molecular complexity index is 231. The van der Waals surface area contributed by atoms with E-state index in [1.54, 1.807) is 0 Å². The van der Waals surface area contributed by atoms with Gasteiger partial charge in [-0.2, -0.15) is 0 Å². The zero-order valence-electron chi connectivity index (χ0n) is 14.9. The van der Waals surface area contributed by atoms with Crippen molar-refractivity contribution in [3.63, 3.8) is 0 Å². The van der Waals surface area contributed by atoms with Gasteiger partial charge in [-0.25, -0.2) is 0 Å². The Hall–Kier alpha value is -0.570. The standard InChI is InChI=1S/C19H39NO2/c1-2-3-4-5-6-7-8-9-10-11-12-13-14-15-16-17-19(21)22-18-20/h2-18,20H2,1H3. The second-order valence-electron chi connectivity index (χ2n) is 6.38. The van der Waals surface area contributed by atoms with Crippen LogP contribution >= 0.6 is 0 Å². The Morgan fingerprint density at radius 3 is 1.41 bits per heavy atom. The molecule has 0 aromatic heterocycles. The van der Waals surface area contributed by atoms with E-state index in [1.807, 2.05) is 0 Å². The predicted octanol–water partition coefficient (Wildman–Crippen LogP) is 5.71. The van der Waals surface area contributed by atoms with E-state index in [-0.39, 0.29) is 12.7 Å². The molecule has 0 saturated carbocycles. The van der Waals surface area contributed by atoms with Crippen molar-refractivity contribution in [2.45, 2.75) is 110 Å². The summed E-state index contributed by atoms with van der Waals surface area (Å²) in [6.45, 7) is 2.29. The SMILES string of the molecule is CCCCCCCCCCCCCCCCCC(=O)OCN. The molecule has 0 bridgehead atoms. The largest absolute Gasteiger partial charge is 0.450 e. The highest BCUT2D eigenvalue weighted by atomic mass is 16.5. The van der Waals surface area contributed by atoms with Crippen molar-refractivity contribution in [3.05, 3.63) is 0 Å². The van der Waals surface area contributed by atoms with Gasteiger partial charge in [0.1, 0.15) is 6.73 Å². The topological polar surface area (TPSA) is 52.3 Å². The fourth-order valence-electron chi connectivity index (χ4n) is 2.81. The molecule has 0 radical (unpaired) electrons. The number of hydrogen-bond donors (Lipinski definition) is 1. The lowest BCUT2D eigenvalue weighted by Crippen LogP contribution is -2.11. The van der Waals surface area contributed by atoms with Gasteiger partial charge in [0, 0.05) is 6.42 Å². The van der Waals surface area contributed by atoms with E-state index in [1.165, 1.54) is 83.5 Å². The number of carbonyl (C=O) groups is 1. The lowest BCUT2D eigenvalue weighted by atomic mass is 10.0. The Morgan fingerprint density at radius 2 is 1.05 bits per heavy atom. The van der Waals surface area contributed by atoms with Gasteiger partial charge >= 0.3 is 5.97 Å². The summed E-state index contributed by atoms with van der Waals surface area (Å²) >= 11 is 0. The van der Waals surface area contributed by atoms with Gasteiger partial charge in [0.25, 0.3) is 0 Å². The number of esters is 1. The maximum absolute atomic E-state index is 11.1. The van der Waals surface area contributed by atoms with Crippen LogP contribution in [0.4, 0.5) is 0 Å². The lowest BCUT2D eigenvalue weighted by Gasteiger charge is -2.03. The zero-order valence-corrected chi connectivity index (χ0v) is 14.9. The second kappa shape index (κ2) is 18.5. The van der Waals surface area contributed by atoms with Crippen LogP contribution in [0.25, 0.3) is 0 Å². The van der Waals surface area contributed by atoms with Crippen LogP contribution in [0.2, 0.25) is 0 Å². The molecule has 0 atom stereocenters. The molecule has 0 rings (SSSR count). The number of carbonyl (C=O) groups excluding carboxylic acids is 1. The van der Waals surface area contributed by atoms with E-state index in [0.29, 0.717) is 6.42 Å². The number of hydrogen-bond acceptors (Lipinski definition) is 3. The molecular formula is C19H39NO2. The molecule has 0 spiro atoms. The number of rotatable bonds is 17. The molecule has 0 aliphatic heterocycles. The van der Waals surface area contributed by atoms with Gasteiger partial charge in [-0.1, -0.05) is 96.8 Å². The summed E-state index contributed by atoms with van der Waals surface area (Å²) < 4.78 is 4.70. The molecule has 0 heterocycles. The smallest absolute Gasteiger partial charge is 0.307 e. The highest BCUT2D eigenvalue weighted by molar-refractivity contribution is 5.69. The first-order chi connectivity index (χ1) is 10.8. The van der Waals surface area contributed by atoms with Gasteiger partial charge < -0.3 is 4.74 Å². The zero-order chi connectivity index (χ0) is 16.3. The monoisotopic (exact) mass is 313 g/mol. The van der Waals surface area contributed by atoms with Crippen LogP contribution < -0.4 is 5.73 Å². The lowest BCUT2D eigenvalue weighted by molar-refractivity contribution is -0.143. The molecule has 3 nitrogen and oxygen atoms in total. The van der Waals surface area contributed by atoms with Crippen LogP contribution in [0, 0.1) is 0 Å². The molecule has 3 heteroatoms. The summed E-state index contributed by atoms with van der Waals surface area (Å²) in [5.41, 5.74) is 5.14.